The molecule has 1 aromatic heterocycles. The van der Waals surface area contributed by atoms with Crippen LogP contribution in [-0.4, -0.2) is 10.2 Å². The van der Waals surface area contributed by atoms with Gasteiger partial charge in [0.15, 0.2) is 0 Å². The molecular formula is C15H11IN2O. The van der Waals surface area contributed by atoms with E-state index in [-0.39, 0.29) is 0 Å². The summed E-state index contributed by atoms with van der Waals surface area (Å²) in [6.07, 6.45) is 0. The summed E-state index contributed by atoms with van der Waals surface area (Å²) in [5.41, 5.74) is 0.908. The largest absolute Gasteiger partial charge is 0.437 e. The minimum absolute atomic E-state index is 0.545. The second-order valence-corrected chi connectivity index (χ2v) is 5.44. The van der Waals surface area contributed by atoms with Crippen LogP contribution >= 0.6 is 22.6 Å². The van der Waals surface area contributed by atoms with Gasteiger partial charge in [-0.15, -0.1) is 5.10 Å². The van der Waals surface area contributed by atoms with Crippen LogP contribution in [0.5, 0.6) is 11.6 Å². The van der Waals surface area contributed by atoms with E-state index in [9.17, 15) is 0 Å². The maximum absolute atomic E-state index is 5.85. The number of halogens is 1. The fourth-order valence-electron chi connectivity index (χ4n) is 1.93. The van der Waals surface area contributed by atoms with Crippen molar-refractivity contribution >= 4 is 33.4 Å². The third kappa shape index (κ3) is 2.53. The molecule has 19 heavy (non-hydrogen) atoms. The molecule has 0 aliphatic carbocycles. The van der Waals surface area contributed by atoms with E-state index < -0.39 is 0 Å². The second kappa shape index (κ2) is 5.13. The van der Waals surface area contributed by atoms with E-state index in [1.165, 1.54) is 0 Å². The van der Waals surface area contributed by atoms with Gasteiger partial charge in [0.2, 0.25) is 5.88 Å². The molecule has 3 nitrogen and oxygen atoms in total. The lowest BCUT2D eigenvalue weighted by atomic mass is 10.1. The van der Waals surface area contributed by atoms with Crippen LogP contribution in [0.3, 0.4) is 0 Å². The second-order valence-electron chi connectivity index (χ2n) is 4.20. The highest BCUT2D eigenvalue weighted by molar-refractivity contribution is 14.1. The first kappa shape index (κ1) is 12.3. The third-order valence-corrected chi connectivity index (χ3v) is 3.52. The van der Waals surface area contributed by atoms with Gasteiger partial charge in [0.05, 0.1) is 5.69 Å². The summed E-state index contributed by atoms with van der Waals surface area (Å²) < 4.78 is 6.97. The van der Waals surface area contributed by atoms with Gasteiger partial charge in [-0.05, 0) is 53.8 Å². The molecule has 0 spiro atoms. The fourth-order valence-corrected chi connectivity index (χ4v) is 2.45. The number of ether oxygens (including phenoxy) is 1. The van der Waals surface area contributed by atoms with E-state index in [4.69, 9.17) is 4.74 Å². The SMILES string of the molecule is Cc1nnc(Oc2cccc(I)c2)c2ccccc12. The number of nitrogens with zero attached hydrogens (tertiary/aromatic N) is 2. The van der Waals surface area contributed by atoms with Crippen LogP contribution < -0.4 is 4.74 Å². The predicted molar refractivity (Wildman–Crippen MR) is 83.5 cm³/mol. The van der Waals surface area contributed by atoms with Crippen molar-refractivity contribution in [3.63, 3.8) is 0 Å². The molecule has 0 N–H and O–H groups in total. The first-order valence-electron chi connectivity index (χ1n) is 5.89. The zero-order valence-corrected chi connectivity index (χ0v) is 12.5. The third-order valence-electron chi connectivity index (χ3n) is 2.85. The zero-order valence-electron chi connectivity index (χ0n) is 10.3. The number of fused-ring (bicyclic) bond motifs is 1. The van der Waals surface area contributed by atoms with Crippen molar-refractivity contribution in [3.05, 3.63) is 57.8 Å². The average Bonchev–Trinajstić information content (AvgIpc) is 2.42. The fraction of sp³-hybridized carbons (Fsp3) is 0.0667. The van der Waals surface area contributed by atoms with Crippen LogP contribution in [0.25, 0.3) is 10.8 Å². The Kier molecular flexibility index (Phi) is 3.33. The lowest BCUT2D eigenvalue weighted by molar-refractivity contribution is 0.461. The zero-order chi connectivity index (χ0) is 13.2. The summed E-state index contributed by atoms with van der Waals surface area (Å²) in [7, 11) is 0. The first-order valence-corrected chi connectivity index (χ1v) is 6.97. The number of hydrogen-bond donors (Lipinski definition) is 0. The summed E-state index contributed by atoms with van der Waals surface area (Å²) >= 11 is 2.26. The Hall–Kier alpha value is -1.69. The van der Waals surface area contributed by atoms with Crippen molar-refractivity contribution in [1.29, 1.82) is 0 Å². The van der Waals surface area contributed by atoms with Gasteiger partial charge < -0.3 is 4.74 Å². The Balaban J connectivity index is 2.09. The number of aromatic nitrogens is 2. The minimum Gasteiger partial charge on any atom is -0.437 e. The number of benzene rings is 2. The topological polar surface area (TPSA) is 35.0 Å². The molecule has 0 aliphatic heterocycles. The minimum atomic E-state index is 0.545. The van der Waals surface area contributed by atoms with E-state index in [1.54, 1.807) is 0 Å². The number of rotatable bonds is 2. The van der Waals surface area contributed by atoms with E-state index in [0.717, 1.165) is 25.8 Å². The van der Waals surface area contributed by atoms with Gasteiger partial charge >= 0.3 is 0 Å². The monoisotopic (exact) mass is 362 g/mol. The molecule has 0 fully saturated rings. The van der Waals surface area contributed by atoms with Crippen LogP contribution in [0.15, 0.2) is 48.5 Å². The van der Waals surface area contributed by atoms with Gasteiger partial charge in [-0.1, -0.05) is 24.3 Å². The highest BCUT2D eigenvalue weighted by atomic mass is 127. The molecule has 0 amide bonds. The Bertz CT molecular complexity index is 743. The molecule has 2 aromatic carbocycles. The van der Waals surface area contributed by atoms with Crippen molar-refractivity contribution in [3.8, 4) is 11.6 Å². The molecule has 94 valence electrons. The van der Waals surface area contributed by atoms with E-state index >= 15 is 0 Å². The molecule has 0 aliphatic rings. The molecule has 0 unspecified atom stereocenters. The first-order chi connectivity index (χ1) is 9.24. The van der Waals surface area contributed by atoms with Gasteiger partial charge in [-0.25, -0.2) is 0 Å². The van der Waals surface area contributed by atoms with Crippen LogP contribution in [-0.2, 0) is 0 Å². The van der Waals surface area contributed by atoms with Crippen LogP contribution in [0.1, 0.15) is 5.69 Å². The standard InChI is InChI=1S/C15H11IN2O/c1-10-13-7-2-3-8-14(13)15(18-17-10)19-12-6-4-5-11(16)9-12/h2-9H,1H3. The molecule has 4 heteroatoms. The molecular weight excluding hydrogens is 351 g/mol. The molecule has 0 atom stereocenters. The molecule has 0 bridgehead atoms. The lowest BCUT2D eigenvalue weighted by Gasteiger charge is -2.08. The predicted octanol–water partition coefficient (Wildman–Crippen LogP) is 4.34. The molecule has 3 rings (SSSR count). The maximum atomic E-state index is 5.85. The highest BCUT2D eigenvalue weighted by Crippen LogP contribution is 2.28. The van der Waals surface area contributed by atoms with Crippen molar-refractivity contribution in [2.24, 2.45) is 0 Å². The summed E-state index contributed by atoms with van der Waals surface area (Å²) in [5.74, 6) is 1.32. The smallest absolute Gasteiger partial charge is 0.246 e. The summed E-state index contributed by atoms with van der Waals surface area (Å²) in [4.78, 5) is 0. The van der Waals surface area contributed by atoms with Gasteiger partial charge in [-0.3, -0.25) is 0 Å². The molecule has 0 radical (unpaired) electrons. The van der Waals surface area contributed by atoms with E-state index in [1.807, 2.05) is 55.5 Å². The quantitative estimate of drug-likeness (QED) is 0.637. The maximum Gasteiger partial charge on any atom is 0.246 e. The lowest BCUT2D eigenvalue weighted by Crippen LogP contribution is -1.95. The average molecular weight is 362 g/mol. The highest BCUT2D eigenvalue weighted by Gasteiger charge is 2.08. The molecule has 3 aromatic rings. The Labute approximate surface area is 124 Å². The van der Waals surface area contributed by atoms with Crippen molar-refractivity contribution < 1.29 is 4.74 Å². The molecule has 0 saturated heterocycles. The number of aryl methyl sites for hydroxylation is 1. The van der Waals surface area contributed by atoms with E-state index in [0.29, 0.717) is 5.88 Å². The van der Waals surface area contributed by atoms with Gasteiger partial charge in [-0.2, -0.15) is 5.10 Å². The van der Waals surface area contributed by atoms with Crippen LogP contribution in [0.2, 0.25) is 0 Å². The van der Waals surface area contributed by atoms with E-state index in [2.05, 4.69) is 32.8 Å². The van der Waals surface area contributed by atoms with Gasteiger partial charge in [0.25, 0.3) is 0 Å². The van der Waals surface area contributed by atoms with Crippen LogP contribution in [0, 0.1) is 10.5 Å². The van der Waals surface area contributed by atoms with Gasteiger partial charge in [0, 0.05) is 14.3 Å². The number of hydrogen-bond acceptors (Lipinski definition) is 3. The Morgan fingerprint density at radius 2 is 1.74 bits per heavy atom. The Morgan fingerprint density at radius 3 is 2.53 bits per heavy atom. The van der Waals surface area contributed by atoms with Crippen molar-refractivity contribution in [1.82, 2.24) is 10.2 Å². The molecule has 1 heterocycles. The summed E-state index contributed by atoms with van der Waals surface area (Å²) in [6, 6.07) is 15.9. The summed E-state index contributed by atoms with van der Waals surface area (Å²) in [6.45, 7) is 1.95. The van der Waals surface area contributed by atoms with Gasteiger partial charge in [0.1, 0.15) is 5.75 Å². The van der Waals surface area contributed by atoms with Crippen molar-refractivity contribution in [2.45, 2.75) is 6.92 Å². The Morgan fingerprint density at radius 1 is 0.947 bits per heavy atom. The normalized spacial score (nSPS) is 10.6. The summed E-state index contributed by atoms with van der Waals surface area (Å²) in [5, 5.41) is 10.4. The van der Waals surface area contributed by atoms with Crippen molar-refractivity contribution in [2.75, 3.05) is 0 Å². The molecule has 0 saturated carbocycles. The van der Waals surface area contributed by atoms with Crippen LogP contribution in [0.4, 0.5) is 0 Å².